The molecule has 0 bridgehead atoms. The quantitative estimate of drug-likeness (QED) is 0.797. The Kier molecular flexibility index (Phi) is 3.64. The van der Waals surface area contributed by atoms with E-state index >= 15 is 0 Å². The maximum absolute atomic E-state index is 9.37. The largest absolute Gasteiger partial charge is 0.496 e. The standard InChI is InChI=1S/C15H21BN4O2/c1-14(2)15(3,4)22-16(21-14)11-5-10(6-17)13(19-7-11)20-12-8-18-9-12/h5,7,12,18H,8-9H2,1-4H3,(H,19,20). The molecule has 2 saturated heterocycles. The molecule has 0 unspecified atom stereocenters. The third-order valence-corrected chi connectivity index (χ3v) is 4.68. The predicted octanol–water partition coefficient (Wildman–Crippen LogP) is 0.636. The van der Waals surface area contributed by atoms with Gasteiger partial charge in [0.05, 0.1) is 22.8 Å². The molecule has 0 radical (unpaired) electrons. The van der Waals surface area contributed by atoms with Crippen LogP contribution in [0.5, 0.6) is 0 Å². The number of aromatic nitrogens is 1. The number of nitriles is 1. The molecule has 2 N–H and O–H groups in total. The molecular formula is C15H21BN4O2. The van der Waals surface area contributed by atoms with Gasteiger partial charge in [-0.25, -0.2) is 4.98 Å². The fourth-order valence-corrected chi connectivity index (χ4v) is 2.37. The molecule has 2 aliphatic heterocycles. The van der Waals surface area contributed by atoms with Gasteiger partial charge in [-0.1, -0.05) is 0 Å². The topological polar surface area (TPSA) is 79.2 Å². The first kappa shape index (κ1) is 15.3. The molecule has 0 saturated carbocycles. The molecule has 2 fully saturated rings. The van der Waals surface area contributed by atoms with Crippen LogP contribution in [0.15, 0.2) is 12.3 Å². The zero-order chi connectivity index (χ0) is 16.0. The maximum Gasteiger partial charge on any atom is 0.496 e. The summed E-state index contributed by atoms with van der Waals surface area (Å²) in [5.74, 6) is 0.620. The minimum absolute atomic E-state index is 0.335. The van der Waals surface area contributed by atoms with E-state index < -0.39 is 18.3 Å². The van der Waals surface area contributed by atoms with Crippen molar-refractivity contribution in [1.82, 2.24) is 10.3 Å². The second-order valence-electron chi connectivity index (χ2n) is 6.86. The summed E-state index contributed by atoms with van der Waals surface area (Å²) >= 11 is 0. The van der Waals surface area contributed by atoms with Gasteiger partial charge < -0.3 is 19.9 Å². The molecule has 7 heteroatoms. The fraction of sp³-hybridized carbons (Fsp3) is 0.600. The summed E-state index contributed by atoms with van der Waals surface area (Å²) in [6.07, 6.45) is 1.72. The van der Waals surface area contributed by atoms with Gasteiger partial charge in [-0.15, -0.1) is 0 Å². The number of rotatable bonds is 3. The highest BCUT2D eigenvalue weighted by Crippen LogP contribution is 2.36. The Bertz CT molecular complexity index is 606. The molecule has 0 aromatic carbocycles. The minimum atomic E-state index is -0.496. The maximum atomic E-state index is 9.37. The Labute approximate surface area is 131 Å². The average molecular weight is 300 g/mol. The van der Waals surface area contributed by atoms with Crippen molar-refractivity contribution in [3.63, 3.8) is 0 Å². The van der Waals surface area contributed by atoms with Crippen molar-refractivity contribution in [2.45, 2.75) is 44.9 Å². The lowest BCUT2D eigenvalue weighted by atomic mass is 9.79. The van der Waals surface area contributed by atoms with Gasteiger partial charge in [-0.3, -0.25) is 0 Å². The van der Waals surface area contributed by atoms with Crippen LogP contribution in [-0.2, 0) is 9.31 Å². The van der Waals surface area contributed by atoms with E-state index in [-0.39, 0.29) is 0 Å². The van der Waals surface area contributed by atoms with Crippen LogP contribution in [0, 0.1) is 11.3 Å². The van der Waals surface area contributed by atoms with Gasteiger partial charge in [0.15, 0.2) is 0 Å². The van der Waals surface area contributed by atoms with Gasteiger partial charge in [-0.2, -0.15) is 5.26 Å². The summed E-state index contributed by atoms with van der Waals surface area (Å²) < 4.78 is 12.0. The van der Waals surface area contributed by atoms with Gasteiger partial charge in [0.2, 0.25) is 0 Å². The lowest BCUT2D eigenvalue weighted by Crippen LogP contribution is -2.51. The molecule has 22 heavy (non-hydrogen) atoms. The number of hydrogen-bond donors (Lipinski definition) is 2. The van der Waals surface area contributed by atoms with Gasteiger partial charge in [0.25, 0.3) is 0 Å². The smallest absolute Gasteiger partial charge is 0.399 e. The van der Waals surface area contributed by atoms with Crippen molar-refractivity contribution in [2.24, 2.45) is 0 Å². The van der Waals surface area contributed by atoms with Crippen LogP contribution in [0.2, 0.25) is 0 Å². The van der Waals surface area contributed by atoms with E-state index in [0.29, 0.717) is 17.4 Å². The van der Waals surface area contributed by atoms with Gasteiger partial charge in [0, 0.05) is 24.7 Å². The van der Waals surface area contributed by atoms with Crippen molar-refractivity contribution >= 4 is 18.4 Å². The van der Waals surface area contributed by atoms with Crippen LogP contribution in [0.1, 0.15) is 33.3 Å². The van der Waals surface area contributed by atoms with Gasteiger partial charge in [-0.05, 0) is 33.8 Å². The third-order valence-electron chi connectivity index (χ3n) is 4.68. The minimum Gasteiger partial charge on any atom is -0.399 e. The third kappa shape index (κ3) is 2.58. The molecule has 3 heterocycles. The fourth-order valence-electron chi connectivity index (χ4n) is 2.37. The highest BCUT2D eigenvalue weighted by molar-refractivity contribution is 6.62. The van der Waals surface area contributed by atoms with E-state index in [2.05, 4.69) is 21.7 Å². The van der Waals surface area contributed by atoms with Gasteiger partial charge >= 0.3 is 7.12 Å². The number of hydrogen-bond acceptors (Lipinski definition) is 6. The molecule has 6 nitrogen and oxygen atoms in total. The van der Waals surface area contributed by atoms with Crippen LogP contribution in [-0.4, -0.2) is 42.4 Å². The average Bonchev–Trinajstić information content (AvgIpc) is 2.63. The SMILES string of the molecule is CC1(C)OB(c2cnc(NC3CNC3)c(C#N)c2)OC1(C)C. The van der Waals surface area contributed by atoms with Crippen molar-refractivity contribution in [3.8, 4) is 6.07 Å². The summed E-state index contributed by atoms with van der Waals surface area (Å²) in [5, 5.41) is 15.8. The van der Waals surface area contributed by atoms with Crippen LogP contribution in [0.3, 0.4) is 0 Å². The van der Waals surface area contributed by atoms with Crippen molar-refractivity contribution in [3.05, 3.63) is 17.8 Å². The summed E-state index contributed by atoms with van der Waals surface area (Å²) in [7, 11) is -0.496. The van der Waals surface area contributed by atoms with E-state index in [4.69, 9.17) is 9.31 Å². The normalized spacial score (nSPS) is 23.0. The molecule has 2 aliphatic rings. The molecule has 1 aromatic heterocycles. The highest BCUT2D eigenvalue weighted by Gasteiger charge is 2.51. The van der Waals surface area contributed by atoms with Crippen LogP contribution in [0.4, 0.5) is 5.82 Å². The number of anilines is 1. The van der Waals surface area contributed by atoms with Crippen LogP contribution in [0.25, 0.3) is 0 Å². The molecule has 0 spiro atoms. The van der Waals surface area contributed by atoms with E-state index in [9.17, 15) is 5.26 Å². The van der Waals surface area contributed by atoms with Crippen LogP contribution < -0.4 is 16.1 Å². The monoisotopic (exact) mass is 300 g/mol. The lowest BCUT2D eigenvalue weighted by Gasteiger charge is -2.32. The van der Waals surface area contributed by atoms with Crippen molar-refractivity contribution in [1.29, 1.82) is 5.26 Å². The lowest BCUT2D eigenvalue weighted by molar-refractivity contribution is 0.00578. The Morgan fingerprint density at radius 2 is 1.95 bits per heavy atom. The first-order valence-electron chi connectivity index (χ1n) is 7.55. The second-order valence-corrected chi connectivity index (χ2v) is 6.86. The number of nitrogens with one attached hydrogen (secondary N) is 2. The highest BCUT2D eigenvalue weighted by atomic mass is 16.7. The first-order chi connectivity index (χ1) is 10.3. The molecule has 1 aromatic rings. The van der Waals surface area contributed by atoms with Gasteiger partial charge in [0.1, 0.15) is 11.9 Å². The molecule has 0 atom stereocenters. The zero-order valence-corrected chi connectivity index (χ0v) is 13.4. The molecule has 0 amide bonds. The summed E-state index contributed by atoms with van der Waals surface area (Å²) in [4.78, 5) is 4.39. The molecule has 116 valence electrons. The Morgan fingerprint density at radius 3 is 2.45 bits per heavy atom. The van der Waals surface area contributed by atoms with Crippen LogP contribution >= 0.6 is 0 Å². The molecule has 3 rings (SSSR count). The van der Waals surface area contributed by atoms with E-state index in [0.717, 1.165) is 18.6 Å². The molecule has 0 aliphatic carbocycles. The van der Waals surface area contributed by atoms with Crippen molar-refractivity contribution in [2.75, 3.05) is 18.4 Å². The van der Waals surface area contributed by atoms with Crippen molar-refractivity contribution < 1.29 is 9.31 Å². The number of nitrogens with zero attached hydrogens (tertiary/aromatic N) is 2. The Balaban J connectivity index is 1.82. The van der Waals surface area contributed by atoms with E-state index in [1.165, 1.54) is 0 Å². The Morgan fingerprint density at radius 1 is 1.32 bits per heavy atom. The summed E-state index contributed by atoms with van der Waals surface area (Å²) in [5.41, 5.74) is 0.476. The second kappa shape index (κ2) is 5.23. The number of pyridine rings is 1. The van der Waals surface area contributed by atoms with E-state index in [1.54, 1.807) is 12.3 Å². The summed E-state index contributed by atoms with van der Waals surface area (Å²) in [6, 6.07) is 4.33. The molecular weight excluding hydrogens is 279 g/mol. The predicted molar refractivity (Wildman–Crippen MR) is 84.9 cm³/mol. The summed E-state index contributed by atoms with van der Waals surface area (Å²) in [6.45, 7) is 9.81. The van der Waals surface area contributed by atoms with E-state index in [1.807, 2.05) is 27.7 Å². The first-order valence-corrected chi connectivity index (χ1v) is 7.55. The zero-order valence-electron chi connectivity index (χ0n) is 13.4. The Hall–Kier alpha value is -1.62.